The molecule has 0 aromatic heterocycles. The Kier molecular flexibility index (Phi) is 5.86. The van der Waals surface area contributed by atoms with Crippen LogP contribution in [-0.4, -0.2) is 18.2 Å². The van der Waals surface area contributed by atoms with Gasteiger partial charge in [0.2, 0.25) is 0 Å². The van der Waals surface area contributed by atoms with E-state index in [1.165, 1.54) is 11.6 Å². The minimum absolute atomic E-state index is 0.153. The molecule has 4 nitrogen and oxygen atoms in total. The quantitative estimate of drug-likeness (QED) is 0.657. The molecular weight excluding hydrogens is 295 g/mol. The van der Waals surface area contributed by atoms with E-state index in [9.17, 15) is 9.18 Å². The lowest BCUT2D eigenvalue weighted by Crippen LogP contribution is -2.25. The van der Waals surface area contributed by atoms with Crippen molar-refractivity contribution in [2.75, 3.05) is 6.61 Å². The Morgan fingerprint density at radius 3 is 2.52 bits per heavy atom. The number of amides is 1. The first kappa shape index (κ1) is 16.7. The van der Waals surface area contributed by atoms with Crippen LogP contribution in [0.2, 0.25) is 0 Å². The van der Waals surface area contributed by atoms with Gasteiger partial charge in [0.15, 0.2) is 6.61 Å². The number of ether oxygens (including phenoxy) is 1. The Bertz CT molecular complexity index is 696. The normalized spacial score (nSPS) is 11.2. The molecule has 5 heteroatoms. The van der Waals surface area contributed by atoms with Gasteiger partial charge in [0.05, 0.1) is 5.71 Å². The van der Waals surface area contributed by atoms with E-state index in [1.807, 2.05) is 24.3 Å². The molecule has 0 saturated heterocycles. The van der Waals surface area contributed by atoms with Gasteiger partial charge in [0.1, 0.15) is 11.6 Å². The molecule has 2 rings (SSSR count). The number of rotatable bonds is 6. The number of nitrogens with one attached hydrogen (secondary N) is 1. The smallest absolute Gasteiger partial charge is 0.277 e. The van der Waals surface area contributed by atoms with E-state index in [0.29, 0.717) is 17.0 Å². The fourth-order valence-corrected chi connectivity index (χ4v) is 1.96. The molecule has 1 amide bonds. The molecule has 120 valence electrons. The molecule has 0 saturated carbocycles. The lowest BCUT2D eigenvalue weighted by molar-refractivity contribution is -0.123. The molecule has 0 aliphatic carbocycles. The number of carbonyl (C=O) groups excluding carboxylic acids is 1. The summed E-state index contributed by atoms with van der Waals surface area (Å²) >= 11 is 0. The Morgan fingerprint density at radius 1 is 1.17 bits per heavy atom. The summed E-state index contributed by atoms with van der Waals surface area (Å²) in [6.45, 7) is 3.54. The van der Waals surface area contributed by atoms with Crippen LogP contribution in [-0.2, 0) is 11.2 Å². The second kappa shape index (κ2) is 8.08. The molecule has 0 spiro atoms. The van der Waals surface area contributed by atoms with Gasteiger partial charge in [0, 0.05) is 5.56 Å². The zero-order valence-corrected chi connectivity index (χ0v) is 13.2. The van der Waals surface area contributed by atoms with E-state index in [4.69, 9.17) is 4.74 Å². The molecule has 2 aromatic rings. The summed E-state index contributed by atoms with van der Waals surface area (Å²) in [5.74, 6) is -0.164. The number of hydrogen-bond donors (Lipinski definition) is 1. The van der Waals surface area contributed by atoms with Crippen molar-refractivity contribution in [2.45, 2.75) is 20.3 Å². The van der Waals surface area contributed by atoms with E-state index in [0.717, 1.165) is 6.42 Å². The zero-order chi connectivity index (χ0) is 16.7. The first-order valence-corrected chi connectivity index (χ1v) is 7.40. The molecule has 0 unspecified atom stereocenters. The maximum atomic E-state index is 13.6. The van der Waals surface area contributed by atoms with Gasteiger partial charge in [-0.3, -0.25) is 4.79 Å². The van der Waals surface area contributed by atoms with Crippen molar-refractivity contribution >= 4 is 11.6 Å². The fourth-order valence-electron chi connectivity index (χ4n) is 1.96. The third-order valence-corrected chi connectivity index (χ3v) is 3.31. The molecule has 23 heavy (non-hydrogen) atoms. The second-order valence-electron chi connectivity index (χ2n) is 5.00. The van der Waals surface area contributed by atoms with Crippen molar-refractivity contribution in [3.05, 3.63) is 65.5 Å². The van der Waals surface area contributed by atoms with Gasteiger partial charge in [-0.2, -0.15) is 5.10 Å². The van der Waals surface area contributed by atoms with Crippen LogP contribution in [0.15, 0.2) is 53.6 Å². The first-order chi connectivity index (χ1) is 11.1. The Morgan fingerprint density at radius 2 is 1.87 bits per heavy atom. The third kappa shape index (κ3) is 4.92. The number of benzene rings is 2. The molecule has 2 aromatic carbocycles. The summed E-state index contributed by atoms with van der Waals surface area (Å²) in [4.78, 5) is 11.7. The van der Waals surface area contributed by atoms with Gasteiger partial charge in [-0.1, -0.05) is 37.3 Å². The van der Waals surface area contributed by atoms with Gasteiger partial charge in [-0.05, 0) is 37.1 Å². The highest BCUT2D eigenvalue weighted by molar-refractivity contribution is 5.99. The van der Waals surface area contributed by atoms with E-state index in [2.05, 4.69) is 17.5 Å². The SMILES string of the molecule is CCc1ccc(OCC(=O)N/N=C(\C)c2ccccc2F)cc1. The van der Waals surface area contributed by atoms with Crippen LogP contribution in [0, 0.1) is 5.82 Å². The lowest BCUT2D eigenvalue weighted by atomic mass is 10.1. The second-order valence-corrected chi connectivity index (χ2v) is 5.00. The van der Waals surface area contributed by atoms with E-state index in [-0.39, 0.29) is 12.4 Å². The van der Waals surface area contributed by atoms with Gasteiger partial charge in [0.25, 0.3) is 5.91 Å². The number of carbonyl (C=O) groups is 1. The summed E-state index contributed by atoms with van der Waals surface area (Å²) in [7, 11) is 0. The predicted octanol–water partition coefficient (Wildman–Crippen LogP) is 3.31. The molecule has 0 heterocycles. The number of hydrazone groups is 1. The average Bonchev–Trinajstić information content (AvgIpc) is 2.58. The number of halogens is 1. The first-order valence-electron chi connectivity index (χ1n) is 7.40. The summed E-state index contributed by atoms with van der Waals surface area (Å²) in [5.41, 5.74) is 4.30. The van der Waals surface area contributed by atoms with Crippen LogP contribution < -0.4 is 10.2 Å². The van der Waals surface area contributed by atoms with Crippen LogP contribution in [0.5, 0.6) is 5.75 Å². The summed E-state index contributed by atoms with van der Waals surface area (Å²) in [6, 6.07) is 13.8. The van der Waals surface area contributed by atoms with Gasteiger partial charge >= 0.3 is 0 Å². The molecule has 0 bridgehead atoms. The van der Waals surface area contributed by atoms with Crippen LogP contribution in [0.1, 0.15) is 25.0 Å². The minimum Gasteiger partial charge on any atom is -0.484 e. The molecule has 0 atom stereocenters. The molecule has 0 aliphatic heterocycles. The van der Waals surface area contributed by atoms with E-state index >= 15 is 0 Å². The van der Waals surface area contributed by atoms with Crippen molar-refractivity contribution in [2.24, 2.45) is 5.10 Å². The van der Waals surface area contributed by atoms with Crippen molar-refractivity contribution in [1.82, 2.24) is 5.43 Å². The van der Waals surface area contributed by atoms with Crippen molar-refractivity contribution in [1.29, 1.82) is 0 Å². The topological polar surface area (TPSA) is 50.7 Å². The van der Waals surface area contributed by atoms with Crippen molar-refractivity contribution < 1.29 is 13.9 Å². The van der Waals surface area contributed by atoms with Gasteiger partial charge < -0.3 is 4.74 Å². The predicted molar refractivity (Wildman–Crippen MR) is 88.1 cm³/mol. The van der Waals surface area contributed by atoms with Gasteiger partial charge in [-0.15, -0.1) is 0 Å². The third-order valence-electron chi connectivity index (χ3n) is 3.31. The van der Waals surface area contributed by atoms with Crippen molar-refractivity contribution in [3.63, 3.8) is 0 Å². The summed E-state index contributed by atoms with van der Waals surface area (Å²) < 4.78 is 19.0. The van der Waals surface area contributed by atoms with Crippen LogP contribution in [0.25, 0.3) is 0 Å². The Hall–Kier alpha value is -2.69. The molecular formula is C18H19FN2O2. The molecule has 1 N–H and O–H groups in total. The van der Waals surface area contributed by atoms with Crippen LogP contribution in [0.3, 0.4) is 0 Å². The maximum Gasteiger partial charge on any atom is 0.277 e. The highest BCUT2D eigenvalue weighted by Gasteiger charge is 2.06. The fraction of sp³-hybridized carbons (Fsp3) is 0.222. The summed E-state index contributed by atoms with van der Waals surface area (Å²) in [6.07, 6.45) is 0.949. The minimum atomic E-state index is -0.403. The lowest BCUT2D eigenvalue weighted by Gasteiger charge is -2.07. The summed E-state index contributed by atoms with van der Waals surface area (Å²) in [5, 5.41) is 3.89. The standard InChI is InChI=1S/C18H19FN2O2/c1-3-14-8-10-15(11-9-14)23-12-18(22)21-20-13(2)16-6-4-5-7-17(16)19/h4-11H,3,12H2,1-2H3,(H,21,22)/b20-13+. The van der Waals surface area contributed by atoms with Crippen LogP contribution >= 0.6 is 0 Å². The Balaban J connectivity index is 1.87. The largest absolute Gasteiger partial charge is 0.484 e. The highest BCUT2D eigenvalue weighted by atomic mass is 19.1. The monoisotopic (exact) mass is 314 g/mol. The molecule has 0 aliphatic rings. The maximum absolute atomic E-state index is 13.6. The number of aryl methyl sites for hydroxylation is 1. The van der Waals surface area contributed by atoms with Gasteiger partial charge in [-0.25, -0.2) is 9.82 Å². The van der Waals surface area contributed by atoms with E-state index in [1.54, 1.807) is 25.1 Å². The molecule has 0 radical (unpaired) electrons. The number of nitrogens with zero attached hydrogens (tertiary/aromatic N) is 1. The average molecular weight is 314 g/mol. The van der Waals surface area contributed by atoms with E-state index < -0.39 is 5.91 Å². The molecule has 0 fully saturated rings. The highest BCUT2D eigenvalue weighted by Crippen LogP contribution is 2.12. The number of hydrogen-bond acceptors (Lipinski definition) is 3. The zero-order valence-electron chi connectivity index (χ0n) is 13.2. The Labute approximate surface area is 135 Å². The van der Waals surface area contributed by atoms with Crippen molar-refractivity contribution in [3.8, 4) is 5.75 Å². The van der Waals surface area contributed by atoms with Crippen LogP contribution in [0.4, 0.5) is 4.39 Å².